The Morgan fingerprint density at radius 1 is 1.04 bits per heavy atom. The zero-order valence-electron chi connectivity index (χ0n) is 16.3. The van der Waals surface area contributed by atoms with Gasteiger partial charge in [0, 0.05) is 0 Å². The smallest absolute Gasteiger partial charge is 0.241 e. The van der Waals surface area contributed by atoms with Gasteiger partial charge < -0.3 is 4.74 Å². The fourth-order valence-electron chi connectivity index (χ4n) is 5.18. The maximum atomic E-state index is 13.2. The third kappa shape index (κ3) is 2.17. The first-order valence-corrected chi connectivity index (χ1v) is 9.82. The Morgan fingerprint density at radius 2 is 1.79 bits per heavy atom. The minimum atomic E-state index is -0.593. The van der Waals surface area contributed by atoms with Gasteiger partial charge in [-0.05, 0) is 80.5 Å². The number of amides is 2. The molecule has 0 aromatic heterocycles. The van der Waals surface area contributed by atoms with Crippen LogP contribution < -0.4 is 9.64 Å². The van der Waals surface area contributed by atoms with Crippen molar-refractivity contribution in [3.05, 3.63) is 65.7 Å². The maximum Gasteiger partial charge on any atom is 0.241 e. The fourth-order valence-corrected chi connectivity index (χ4v) is 5.18. The normalized spacial score (nSPS) is 30.2. The molecule has 4 nitrogen and oxygen atoms in total. The van der Waals surface area contributed by atoms with Crippen molar-refractivity contribution in [1.29, 1.82) is 0 Å². The van der Waals surface area contributed by atoms with Gasteiger partial charge in [0.1, 0.15) is 11.5 Å². The van der Waals surface area contributed by atoms with Crippen molar-refractivity contribution in [3.63, 3.8) is 0 Å². The molecule has 2 aliphatic carbocycles. The van der Waals surface area contributed by atoms with E-state index in [2.05, 4.69) is 25.1 Å². The number of anilines is 1. The van der Waals surface area contributed by atoms with Crippen molar-refractivity contribution in [2.24, 2.45) is 23.2 Å². The molecule has 142 valence electrons. The van der Waals surface area contributed by atoms with Gasteiger partial charge in [-0.25, -0.2) is 4.90 Å². The van der Waals surface area contributed by atoms with Crippen LogP contribution in [0.3, 0.4) is 0 Å². The summed E-state index contributed by atoms with van der Waals surface area (Å²) in [5.41, 5.74) is 2.30. The SMILES string of the molecule is Cc1cccc(Oc2ccc(N3C(=O)[C@@H]4[C@H]5C=C[C@@H](C5)[C@@]4(C)C3=O)cc2)c1C. The van der Waals surface area contributed by atoms with Crippen LogP contribution in [0.5, 0.6) is 11.5 Å². The highest BCUT2D eigenvalue weighted by Gasteiger charge is 2.67. The number of fused-ring (bicyclic) bond motifs is 5. The van der Waals surface area contributed by atoms with Crippen LogP contribution in [-0.2, 0) is 9.59 Å². The number of hydrogen-bond acceptors (Lipinski definition) is 3. The molecule has 4 atom stereocenters. The summed E-state index contributed by atoms with van der Waals surface area (Å²) in [6.45, 7) is 6.04. The predicted molar refractivity (Wildman–Crippen MR) is 107 cm³/mol. The van der Waals surface area contributed by atoms with E-state index in [-0.39, 0.29) is 29.6 Å². The summed E-state index contributed by atoms with van der Waals surface area (Å²) in [5, 5.41) is 0. The molecule has 2 aromatic rings. The quantitative estimate of drug-likeness (QED) is 0.574. The van der Waals surface area contributed by atoms with E-state index in [1.807, 2.05) is 38.1 Å². The van der Waals surface area contributed by atoms with Crippen LogP contribution >= 0.6 is 0 Å². The van der Waals surface area contributed by atoms with Crippen molar-refractivity contribution < 1.29 is 14.3 Å². The van der Waals surface area contributed by atoms with Gasteiger partial charge in [-0.3, -0.25) is 9.59 Å². The maximum absolute atomic E-state index is 13.2. The third-order valence-electron chi connectivity index (χ3n) is 6.99. The highest BCUT2D eigenvalue weighted by Crippen LogP contribution is 2.60. The summed E-state index contributed by atoms with van der Waals surface area (Å²) < 4.78 is 6.00. The Hall–Kier alpha value is -2.88. The second kappa shape index (κ2) is 5.81. The minimum Gasteiger partial charge on any atom is -0.457 e. The van der Waals surface area contributed by atoms with E-state index in [0.717, 1.165) is 17.7 Å². The van der Waals surface area contributed by atoms with Crippen LogP contribution in [0, 0.1) is 37.0 Å². The Morgan fingerprint density at radius 3 is 2.50 bits per heavy atom. The molecule has 2 aromatic carbocycles. The Bertz CT molecular complexity index is 1020. The number of carbonyl (C=O) groups excluding carboxylic acids is 2. The Kier molecular flexibility index (Phi) is 3.57. The minimum absolute atomic E-state index is 0.0625. The first-order chi connectivity index (χ1) is 13.4. The molecule has 0 spiro atoms. The lowest BCUT2D eigenvalue weighted by Crippen LogP contribution is -2.37. The molecule has 4 heteroatoms. The fraction of sp³-hybridized carbons (Fsp3) is 0.333. The van der Waals surface area contributed by atoms with Crippen molar-refractivity contribution in [1.82, 2.24) is 0 Å². The number of nitrogens with zero attached hydrogens (tertiary/aromatic N) is 1. The van der Waals surface area contributed by atoms with Gasteiger partial charge in [-0.1, -0.05) is 24.3 Å². The van der Waals surface area contributed by atoms with E-state index in [1.165, 1.54) is 10.5 Å². The van der Waals surface area contributed by atoms with Gasteiger partial charge in [0.25, 0.3) is 0 Å². The molecule has 3 aliphatic rings. The van der Waals surface area contributed by atoms with Gasteiger partial charge in [0.15, 0.2) is 0 Å². The van der Waals surface area contributed by atoms with Gasteiger partial charge in [0.05, 0.1) is 17.0 Å². The van der Waals surface area contributed by atoms with Crippen LogP contribution in [0.1, 0.15) is 24.5 Å². The molecule has 28 heavy (non-hydrogen) atoms. The van der Waals surface area contributed by atoms with Crippen LogP contribution in [0.4, 0.5) is 5.69 Å². The average molecular weight is 373 g/mol. The van der Waals surface area contributed by atoms with E-state index < -0.39 is 5.41 Å². The lowest BCUT2D eigenvalue weighted by molar-refractivity contribution is -0.127. The molecular weight excluding hydrogens is 350 g/mol. The van der Waals surface area contributed by atoms with Gasteiger partial charge >= 0.3 is 0 Å². The number of carbonyl (C=O) groups is 2. The van der Waals surface area contributed by atoms with E-state index >= 15 is 0 Å². The second-order valence-electron chi connectivity index (χ2n) is 8.42. The first-order valence-electron chi connectivity index (χ1n) is 9.82. The zero-order chi connectivity index (χ0) is 19.6. The summed E-state index contributed by atoms with van der Waals surface area (Å²) >= 11 is 0. The number of aryl methyl sites for hydroxylation is 1. The van der Waals surface area contributed by atoms with E-state index in [9.17, 15) is 9.59 Å². The average Bonchev–Trinajstić information content (AvgIpc) is 3.32. The van der Waals surface area contributed by atoms with Crippen LogP contribution in [0.2, 0.25) is 0 Å². The third-order valence-corrected chi connectivity index (χ3v) is 6.99. The van der Waals surface area contributed by atoms with Crippen LogP contribution in [-0.4, -0.2) is 11.8 Å². The number of rotatable bonds is 3. The number of benzene rings is 2. The van der Waals surface area contributed by atoms with Crippen molar-refractivity contribution in [2.45, 2.75) is 27.2 Å². The lowest BCUT2D eigenvalue weighted by Gasteiger charge is -2.28. The molecule has 0 radical (unpaired) electrons. The molecule has 2 bridgehead atoms. The molecule has 5 rings (SSSR count). The first kappa shape index (κ1) is 17.2. The number of allylic oxidation sites excluding steroid dienone is 2. The number of ether oxygens (including phenoxy) is 1. The van der Waals surface area contributed by atoms with Gasteiger partial charge in [0.2, 0.25) is 11.8 Å². The molecule has 1 saturated heterocycles. The summed E-state index contributed by atoms with van der Waals surface area (Å²) in [4.78, 5) is 27.7. The summed E-state index contributed by atoms with van der Waals surface area (Å²) in [6, 6.07) is 13.2. The Labute approximate surface area is 164 Å². The highest BCUT2D eigenvalue weighted by molar-refractivity contribution is 6.24. The molecule has 1 heterocycles. The molecule has 2 fully saturated rings. The van der Waals surface area contributed by atoms with E-state index in [0.29, 0.717) is 11.4 Å². The zero-order valence-corrected chi connectivity index (χ0v) is 16.3. The summed E-state index contributed by atoms with van der Waals surface area (Å²) in [6.07, 6.45) is 5.17. The topological polar surface area (TPSA) is 46.6 Å². The number of imide groups is 1. The monoisotopic (exact) mass is 373 g/mol. The van der Waals surface area contributed by atoms with E-state index in [1.54, 1.807) is 12.1 Å². The van der Waals surface area contributed by atoms with Gasteiger partial charge in [-0.15, -0.1) is 0 Å². The number of hydrogen-bond donors (Lipinski definition) is 0. The lowest BCUT2D eigenvalue weighted by atomic mass is 9.71. The molecule has 2 amide bonds. The molecular formula is C24H23NO3. The Balaban J connectivity index is 1.42. The second-order valence-corrected chi connectivity index (χ2v) is 8.42. The molecule has 1 aliphatic heterocycles. The van der Waals surface area contributed by atoms with Crippen molar-refractivity contribution in [3.8, 4) is 11.5 Å². The van der Waals surface area contributed by atoms with E-state index in [4.69, 9.17) is 4.74 Å². The van der Waals surface area contributed by atoms with Crippen molar-refractivity contribution in [2.75, 3.05) is 4.90 Å². The largest absolute Gasteiger partial charge is 0.457 e. The van der Waals surface area contributed by atoms with Crippen molar-refractivity contribution >= 4 is 17.5 Å². The van der Waals surface area contributed by atoms with Gasteiger partial charge in [-0.2, -0.15) is 0 Å². The van der Waals surface area contributed by atoms with Crippen LogP contribution in [0.15, 0.2) is 54.6 Å². The predicted octanol–water partition coefficient (Wildman–Crippen LogP) is 4.80. The standard InChI is InChI=1S/C24H23NO3/c1-14-5-4-6-20(15(14)2)28-19-11-9-18(10-12-19)25-22(26)21-16-7-8-17(13-16)24(21,3)23(25)27/h4-12,16-17,21H,13H2,1-3H3/t16-,17-,21-,24+/m0/s1. The van der Waals surface area contributed by atoms with Crippen LogP contribution in [0.25, 0.3) is 0 Å². The molecule has 0 unspecified atom stereocenters. The highest BCUT2D eigenvalue weighted by atomic mass is 16.5. The molecule has 1 saturated carbocycles. The molecule has 0 N–H and O–H groups in total. The summed E-state index contributed by atoms with van der Waals surface area (Å²) in [7, 11) is 0. The summed E-state index contributed by atoms with van der Waals surface area (Å²) in [5.74, 6) is 1.52.